The molecule has 1 aliphatic rings. The van der Waals surface area contributed by atoms with Crippen LogP contribution in [-0.2, 0) is 0 Å². The number of fused-ring (bicyclic) bond motifs is 1. The van der Waals surface area contributed by atoms with Gasteiger partial charge in [-0.2, -0.15) is 5.10 Å². The lowest BCUT2D eigenvalue weighted by Gasteiger charge is -2.22. The van der Waals surface area contributed by atoms with Crippen molar-refractivity contribution in [3.8, 4) is 11.1 Å². The molecule has 1 fully saturated rings. The van der Waals surface area contributed by atoms with E-state index >= 15 is 0 Å². The average molecular weight is 267 g/mol. The lowest BCUT2D eigenvalue weighted by atomic mass is 10.1. The molecule has 1 saturated heterocycles. The minimum Gasteiger partial charge on any atom is -0.464 e. The first-order valence-corrected chi connectivity index (χ1v) is 7.13. The van der Waals surface area contributed by atoms with Gasteiger partial charge in [0.25, 0.3) is 0 Å². The standard InChI is InChI=1S/C16H17N3O/c1-2-16-13(5-8-20-16)9-12(1)14-10-18-19(11-14)15-3-6-17-7-4-15/h1-2,5,8-11,15,17H,3-4,6-7H2. The van der Waals surface area contributed by atoms with E-state index in [4.69, 9.17) is 4.42 Å². The molecule has 0 radical (unpaired) electrons. The van der Waals surface area contributed by atoms with E-state index in [0.29, 0.717) is 6.04 Å². The molecule has 20 heavy (non-hydrogen) atoms. The molecule has 1 aromatic carbocycles. The second kappa shape index (κ2) is 4.80. The Morgan fingerprint density at radius 3 is 2.95 bits per heavy atom. The zero-order chi connectivity index (χ0) is 13.4. The zero-order valence-electron chi connectivity index (χ0n) is 11.2. The van der Waals surface area contributed by atoms with Crippen molar-refractivity contribution in [1.29, 1.82) is 0 Å². The first-order valence-electron chi connectivity index (χ1n) is 7.13. The minimum absolute atomic E-state index is 0.530. The Kier molecular flexibility index (Phi) is 2.81. The molecule has 0 amide bonds. The number of rotatable bonds is 2. The Bertz CT molecular complexity index is 722. The van der Waals surface area contributed by atoms with Crippen LogP contribution in [0.25, 0.3) is 22.1 Å². The number of hydrogen-bond donors (Lipinski definition) is 1. The van der Waals surface area contributed by atoms with Gasteiger partial charge in [-0.1, -0.05) is 6.07 Å². The number of hydrogen-bond acceptors (Lipinski definition) is 3. The van der Waals surface area contributed by atoms with Crippen LogP contribution >= 0.6 is 0 Å². The maximum atomic E-state index is 5.38. The molecule has 4 rings (SSSR count). The molecule has 0 unspecified atom stereocenters. The largest absolute Gasteiger partial charge is 0.464 e. The molecule has 3 aromatic rings. The molecule has 2 aromatic heterocycles. The predicted octanol–water partition coefficient (Wildman–Crippen LogP) is 3.22. The summed E-state index contributed by atoms with van der Waals surface area (Å²) in [5, 5.41) is 9.07. The van der Waals surface area contributed by atoms with E-state index < -0.39 is 0 Å². The van der Waals surface area contributed by atoms with Gasteiger partial charge in [-0.25, -0.2) is 0 Å². The van der Waals surface area contributed by atoms with E-state index in [1.165, 1.54) is 11.1 Å². The molecule has 4 heteroatoms. The highest BCUT2D eigenvalue weighted by Crippen LogP contribution is 2.26. The topological polar surface area (TPSA) is 43.0 Å². The highest BCUT2D eigenvalue weighted by Gasteiger charge is 2.16. The monoisotopic (exact) mass is 267 g/mol. The van der Waals surface area contributed by atoms with Crippen molar-refractivity contribution in [2.24, 2.45) is 0 Å². The number of nitrogens with one attached hydrogen (secondary N) is 1. The van der Waals surface area contributed by atoms with E-state index in [9.17, 15) is 0 Å². The van der Waals surface area contributed by atoms with E-state index in [0.717, 1.165) is 36.9 Å². The van der Waals surface area contributed by atoms with Gasteiger partial charge >= 0.3 is 0 Å². The quantitative estimate of drug-likeness (QED) is 0.775. The van der Waals surface area contributed by atoms with Crippen LogP contribution in [0.3, 0.4) is 0 Å². The van der Waals surface area contributed by atoms with Crippen LogP contribution < -0.4 is 5.32 Å². The van der Waals surface area contributed by atoms with Gasteiger partial charge < -0.3 is 9.73 Å². The summed E-state index contributed by atoms with van der Waals surface area (Å²) in [7, 11) is 0. The van der Waals surface area contributed by atoms with E-state index in [-0.39, 0.29) is 0 Å². The Balaban J connectivity index is 1.66. The van der Waals surface area contributed by atoms with E-state index in [1.54, 1.807) is 6.26 Å². The number of piperidine rings is 1. The number of aromatic nitrogens is 2. The summed E-state index contributed by atoms with van der Waals surface area (Å²) in [5.41, 5.74) is 3.30. The van der Waals surface area contributed by atoms with Gasteiger partial charge in [0.15, 0.2) is 0 Å². The number of benzene rings is 1. The summed E-state index contributed by atoms with van der Waals surface area (Å²) in [6.45, 7) is 2.17. The van der Waals surface area contributed by atoms with Gasteiger partial charge in [0, 0.05) is 17.1 Å². The van der Waals surface area contributed by atoms with Crippen LogP contribution in [0.2, 0.25) is 0 Å². The Hall–Kier alpha value is -2.07. The molecule has 1 aliphatic heterocycles. The second-order valence-electron chi connectivity index (χ2n) is 5.36. The highest BCUT2D eigenvalue weighted by molar-refractivity contribution is 5.83. The van der Waals surface area contributed by atoms with Crippen LogP contribution in [0, 0.1) is 0 Å². The van der Waals surface area contributed by atoms with Crippen molar-refractivity contribution in [2.45, 2.75) is 18.9 Å². The zero-order valence-corrected chi connectivity index (χ0v) is 11.2. The third-order valence-electron chi connectivity index (χ3n) is 4.07. The third kappa shape index (κ3) is 2.02. The summed E-state index contributed by atoms with van der Waals surface area (Å²) in [6.07, 6.45) is 8.16. The summed E-state index contributed by atoms with van der Waals surface area (Å²) < 4.78 is 7.50. The number of nitrogens with zero attached hydrogens (tertiary/aromatic N) is 2. The molecular weight excluding hydrogens is 250 g/mol. The van der Waals surface area contributed by atoms with Crippen molar-refractivity contribution >= 4 is 11.0 Å². The normalized spacial score (nSPS) is 16.8. The Labute approximate surface area is 117 Å². The summed E-state index contributed by atoms with van der Waals surface area (Å²) >= 11 is 0. The fourth-order valence-electron chi connectivity index (χ4n) is 2.90. The third-order valence-corrected chi connectivity index (χ3v) is 4.07. The predicted molar refractivity (Wildman–Crippen MR) is 78.6 cm³/mol. The molecule has 3 heterocycles. The van der Waals surface area contributed by atoms with Crippen molar-refractivity contribution < 1.29 is 4.42 Å². The molecular formula is C16H17N3O. The molecule has 0 bridgehead atoms. The van der Waals surface area contributed by atoms with Crippen molar-refractivity contribution in [1.82, 2.24) is 15.1 Å². The molecule has 0 aliphatic carbocycles. The smallest absolute Gasteiger partial charge is 0.133 e. The van der Waals surface area contributed by atoms with Crippen LogP contribution in [-0.4, -0.2) is 22.9 Å². The average Bonchev–Trinajstić information content (AvgIpc) is 3.16. The Morgan fingerprint density at radius 1 is 1.15 bits per heavy atom. The summed E-state index contributed by atoms with van der Waals surface area (Å²) in [6, 6.07) is 8.79. The van der Waals surface area contributed by atoms with Crippen LogP contribution in [0.5, 0.6) is 0 Å². The van der Waals surface area contributed by atoms with Crippen molar-refractivity contribution in [3.05, 3.63) is 42.9 Å². The fraction of sp³-hybridized carbons (Fsp3) is 0.312. The van der Waals surface area contributed by atoms with Crippen LogP contribution in [0.4, 0.5) is 0 Å². The van der Waals surface area contributed by atoms with Crippen LogP contribution in [0.1, 0.15) is 18.9 Å². The van der Waals surface area contributed by atoms with Gasteiger partial charge in [-0.05, 0) is 49.7 Å². The first-order chi connectivity index (χ1) is 9.90. The molecule has 4 nitrogen and oxygen atoms in total. The Morgan fingerprint density at radius 2 is 2.05 bits per heavy atom. The molecule has 0 atom stereocenters. The van der Waals surface area contributed by atoms with Crippen molar-refractivity contribution in [3.63, 3.8) is 0 Å². The van der Waals surface area contributed by atoms with Gasteiger partial charge in [-0.3, -0.25) is 4.68 Å². The lowest BCUT2D eigenvalue weighted by Crippen LogP contribution is -2.29. The first kappa shape index (κ1) is 11.7. The van der Waals surface area contributed by atoms with Gasteiger partial charge in [0.1, 0.15) is 5.58 Å². The minimum atomic E-state index is 0.530. The number of furan rings is 1. The van der Waals surface area contributed by atoms with E-state index in [1.807, 2.05) is 18.3 Å². The SMILES string of the molecule is c1cc2cc(-c3cnn(C4CCNCC4)c3)ccc2o1. The summed E-state index contributed by atoms with van der Waals surface area (Å²) in [4.78, 5) is 0. The maximum Gasteiger partial charge on any atom is 0.133 e. The second-order valence-corrected chi connectivity index (χ2v) is 5.36. The van der Waals surface area contributed by atoms with Gasteiger partial charge in [0.2, 0.25) is 0 Å². The van der Waals surface area contributed by atoms with E-state index in [2.05, 4.69) is 33.4 Å². The molecule has 1 N–H and O–H groups in total. The lowest BCUT2D eigenvalue weighted by molar-refractivity contribution is 0.343. The molecule has 0 saturated carbocycles. The highest BCUT2D eigenvalue weighted by atomic mass is 16.3. The van der Waals surface area contributed by atoms with Gasteiger partial charge in [0.05, 0.1) is 18.5 Å². The van der Waals surface area contributed by atoms with Crippen molar-refractivity contribution in [2.75, 3.05) is 13.1 Å². The fourth-order valence-corrected chi connectivity index (χ4v) is 2.90. The van der Waals surface area contributed by atoms with Gasteiger partial charge in [-0.15, -0.1) is 0 Å². The molecule has 102 valence electrons. The summed E-state index contributed by atoms with van der Waals surface area (Å²) in [5.74, 6) is 0. The van der Waals surface area contributed by atoms with Crippen LogP contribution in [0.15, 0.2) is 47.3 Å². The maximum absolute atomic E-state index is 5.38. The molecule has 0 spiro atoms.